The van der Waals surface area contributed by atoms with Gasteiger partial charge in [0.25, 0.3) is 5.91 Å². The molecule has 0 aromatic carbocycles. The second-order valence-corrected chi connectivity index (χ2v) is 7.12. The van der Waals surface area contributed by atoms with E-state index in [1.165, 1.54) is 0 Å². The van der Waals surface area contributed by atoms with Gasteiger partial charge in [-0.25, -0.2) is 0 Å². The molecule has 0 unspecified atom stereocenters. The molecule has 3 rings (SSSR count). The van der Waals surface area contributed by atoms with Crippen LogP contribution < -0.4 is 10.6 Å². The van der Waals surface area contributed by atoms with Gasteiger partial charge in [-0.15, -0.1) is 0 Å². The molecule has 8 nitrogen and oxygen atoms in total. The molecule has 2 heterocycles. The molecule has 0 spiro atoms. The van der Waals surface area contributed by atoms with Crippen molar-refractivity contribution < 1.29 is 18.8 Å². The Morgan fingerprint density at radius 3 is 2.84 bits per heavy atom. The van der Waals surface area contributed by atoms with Crippen LogP contribution in [0.2, 0.25) is 0 Å². The normalized spacial score (nSPS) is 25.0. The molecular weight excluding hydrogens is 324 g/mol. The molecule has 25 heavy (non-hydrogen) atoms. The van der Waals surface area contributed by atoms with Gasteiger partial charge in [-0.05, 0) is 26.7 Å². The molecule has 0 bridgehead atoms. The lowest BCUT2D eigenvalue weighted by molar-refractivity contribution is -0.158. The number of anilines is 1. The summed E-state index contributed by atoms with van der Waals surface area (Å²) in [6.07, 6.45) is 4.39. The number of carbonyl (C=O) groups excluding carboxylic acids is 2. The van der Waals surface area contributed by atoms with Crippen molar-refractivity contribution in [3.8, 4) is 0 Å². The maximum Gasteiger partial charge on any atom is 0.253 e. The second-order valence-electron chi connectivity index (χ2n) is 7.12. The van der Waals surface area contributed by atoms with Crippen LogP contribution in [0, 0.1) is 6.92 Å². The van der Waals surface area contributed by atoms with E-state index in [0.29, 0.717) is 31.3 Å². The Balaban J connectivity index is 1.52. The molecule has 1 aliphatic carbocycles. The standard InChI is InChI=1S/C17H26N4O4/c1-12-9-14(20-25-12)19-15(22)10-21-7-8-24-17(2,11-21)16(23)18-13-5-3-4-6-13/h9,13H,3-8,10-11H2,1-2H3,(H,18,23)(H,19,20,22)/t17-/m1/s1. The van der Waals surface area contributed by atoms with Gasteiger partial charge >= 0.3 is 0 Å². The first-order valence-electron chi connectivity index (χ1n) is 8.85. The number of hydrogen-bond donors (Lipinski definition) is 2. The van der Waals surface area contributed by atoms with Gasteiger partial charge in [-0.3, -0.25) is 14.5 Å². The molecule has 8 heteroatoms. The van der Waals surface area contributed by atoms with Crippen LogP contribution in [0.15, 0.2) is 10.6 Å². The highest BCUT2D eigenvalue weighted by atomic mass is 16.5. The van der Waals surface area contributed by atoms with E-state index >= 15 is 0 Å². The van der Waals surface area contributed by atoms with Gasteiger partial charge in [-0.1, -0.05) is 18.0 Å². The summed E-state index contributed by atoms with van der Waals surface area (Å²) in [5.41, 5.74) is -0.925. The smallest absolute Gasteiger partial charge is 0.253 e. The van der Waals surface area contributed by atoms with Gasteiger partial charge in [0.1, 0.15) is 5.76 Å². The first-order chi connectivity index (χ1) is 11.9. The zero-order chi connectivity index (χ0) is 17.9. The maximum absolute atomic E-state index is 12.6. The zero-order valence-corrected chi connectivity index (χ0v) is 14.8. The summed E-state index contributed by atoms with van der Waals surface area (Å²) in [5, 5.41) is 9.54. The fraction of sp³-hybridized carbons (Fsp3) is 0.706. The van der Waals surface area contributed by atoms with E-state index in [2.05, 4.69) is 15.8 Å². The highest BCUT2D eigenvalue weighted by Gasteiger charge is 2.40. The predicted molar refractivity (Wildman–Crippen MR) is 91.1 cm³/mol. The number of carbonyl (C=O) groups is 2. The number of morpholine rings is 1. The summed E-state index contributed by atoms with van der Waals surface area (Å²) < 4.78 is 10.7. The van der Waals surface area contributed by atoms with Crippen LogP contribution in [0.5, 0.6) is 0 Å². The third kappa shape index (κ3) is 4.58. The first-order valence-corrected chi connectivity index (χ1v) is 8.85. The van der Waals surface area contributed by atoms with E-state index in [1.54, 1.807) is 19.9 Å². The van der Waals surface area contributed by atoms with E-state index < -0.39 is 5.60 Å². The predicted octanol–water partition coefficient (Wildman–Crippen LogP) is 1.07. The molecule has 1 atom stereocenters. The highest BCUT2D eigenvalue weighted by Crippen LogP contribution is 2.22. The Hall–Kier alpha value is -1.93. The minimum atomic E-state index is -0.925. The molecule has 138 valence electrons. The van der Waals surface area contributed by atoms with Crippen molar-refractivity contribution in [2.75, 3.05) is 31.6 Å². The molecule has 1 saturated carbocycles. The number of ether oxygens (including phenoxy) is 1. The Labute approximate surface area is 147 Å². The molecule has 2 aliphatic rings. The van der Waals surface area contributed by atoms with E-state index in [4.69, 9.17) is 9.26 Å². The maximum atomic E-state index is 12.6. The SMILES string of the molecule is Cc1cc(NC(=O)CN2CCO[C@@](C)(C(=O)NC3CCCC3)C2)no1. The fourth-order valence-electron chi connectivity index (χ4n) is 3.44. The Morgan fingerprint density at radius 1 is 1.40 bits per heavy atom. The van der Waals surface area contributed by atoms with E-state index in [1.807, 2.05) is 4.90 Å². The van der Waals surface area contributed by atoms with Crippen molar-refractivity contribution in [2.45, 2.75) is 51.2 Å². The lowest BCUT2D eigenvalue weighted by atomic mass is 10.0. The number of hydrogen-bond acceptors (Lipinski definition) is 6. The average molecular weight is 350 g/mol. The third-order valence-electron chi connectivity index (χ3n) is 4.79. The van der Waals surface area contributed by atoms with Gasteiger partial charge in [0.15, 0.2) is 11.4 Å². The van der Waals surface area contributed by atoms with E-state index in [-0.39, 0.29) is 24.4 Å². The molecular formula is C17H26N4O4. The van der Waals surface area contributed by atoms with Crippen molar-refractivity contribution in [1.82, 2.24) is 15.4 Å². The number of aryl methyl sites for hydroxylation is 1. The van der Waals surface area contributed by atoms with Gasteiger partial charge in [0, 0.05) is 25.2 Å². The molecule has 1 aromatic rings. The van der Waals surface area contributed by atoms with Crippen molar-refractivity contribution in [3.63, 3.8) is 0 Å². The van der Waals surface area contributed by atoms with Crippen LogP contribution >= 0.6 is 0 Å². The molecule has 2 amide bonds. The second kappa shape index (κ2) is 7.53. The summed E-state index contributed by atoms with van der Waals surface area (Å²) >= 11 is 0. The number of aromatic nitrogens is 1. The molecule has 2 N–H and O–H groups in total. The van der Waals surface area contributed by atoms with E-state index in [0.717, 1.165) is 25.7 Å². The van der Waals surface area contributed by atoms with Crippen LogP contribution in [0.25, 0.3) is 0 Å². The lowest BCUT2D eigenvalue weighted by Gasteiger charge is -2.39. The Bertz CT molecular complexity index is 626. The topological polar surface area (TPSA) is 96.7 Å². The van der Waals surface area contributed by atoms with Crippen LogP contribution in [0.4, 0.5) is 5.82 Å². The van der Waals surface area contributed by atoms with Crippen molar-refractivity contribution in [1.29, 1.82) is 0 Å². The highest BCUT2D eigenvalue weighted by molar-refractivity contribution is 5.91. The molecule has 0 radical (unpaired) electrons. The number of nitrogens with one attached hydrogen (secondary N) is 2. The van der Waals surface area contributed by atoms with Gasteiger partial charge < -0.3 is 19.9 Å². The summed E-state index contributed by atoms with van der Waals surface area (Å²) in [6.45, 7) is 5.16. The van der Waals surface area contributed by atoms with Crippen molar-refractivity contribution in [2.24, 2.45) is 0 Å². The van der Waals surface area contributed by atoms with Gasteiger partial charge in [-0.2, -0.15) is 0 Å². The van der Waals surface area contributed by atoms with Crippen LogP contribution in [-0.4, -0.2) is 59.8 Å². The third-order valence-corrected chi connectivity index (χ3v) is 4.79. The van der Waals surface area contributed by atoms with E-state index in [9.17, 15) is 9.59 Å². The monoisotopic (exact) mass is 350 g/mol. The molecule has 2 fully saturated rings. The van der Waals surface area contributed by atoms with Gasteiger partial charge in [0.05, 0.1) is 13.2 Å². The molecule has 1 aromatic heterocycles. The minimum absolute atomic E-state index is 0.0864. The first kappa shape index (κ1) is 17.9. The van der Waals surface area contributed by atoms with Crippen LogP contribution in [-0.2, 0) is 14.3 Å². The largest absolute Gasteiger partial charge is 0.363 e. The Morgan fingerprint density at radius 2 is 2.16 bits per heavy atom. The van der Waals surface area contributed by atoms with Gasteiger partial charge in [0.2, 0.25) is 5.91 Å². The minimum Gasteiger partial charge on any atom is -0.363 e. The summed E-state index contributed by atoms with van der Waals surface area (Å²) in [6, 6.07) is 1.91. The molecule has 1 aliphatic heterocycles. The van der Waals surface area contributed by atoms with Crippen molar-refractivity contribution >= 4 is 17.6 Å². The number of rotatable bonds is 5. The molecule has 1 saturated heterocycles. The fourth-order valence-corrected chi connectivity index (χ4v) is 3.44. The number of amides is 2. The van der Waals surface area contributed by atoms with Crippen molar-refractivity contribution in [3.05, 3.63) is 11.8 Å². The summed E-state index contributed by atoms with van der Waals surface area (Å²) in [7, 11) is 0. The lowest BCUT2D eigenvalue weighted by Crippen LogP contribution is -2.60. The zero-order valence-electron chi connectivity index (χ0n) is 14.8. The average Bonchev–Trinajstić information content (AvgIpc) is 3.19. The van der Waals surface area contributed by atoms with Crippen LogP contribution in [0.3, 0.4) is 0 Å². The Kier molecular flexibility index (Phi) is 5.39. The number of nitrogens with zero attached hydrogens (tertiary/aromatic N) is 2. The summed E-state index contributed by atoms with van der Waals surface area (Å²) in [5.74, 6) is 0.765. The quantitative estimate of drug-likeness (QED) is 0.825. The van der Waals surface area contributed by atoms with Crippen LogP contribution in [0.1, 0.15) is 38.4 Å². The summed E-state index contributed by atoms with van der Waals surface area (Å²) in [4.78, 5) is 26.7.